The van der Waals surface area contributed by atoms with Crippen LogP contribution >= 0.6 is 0 Å². The number of aromatic nitrogens is 1. The van der Waals surface area contributed by atoms with Crippen LogP contribution in [0.5, 0.6) is 0 Å². The summed E-state index contributed by atoms with van der Waals surface area (Å²) < 4.78 is 0. The lowest BCUT2D eigenvalue weighted by atomic mass is 10.1. The molecule has 1 heterocycles. The molecule has 0 fully saturated rings. The Labute approximate surface area is 125 Å². The van der Waals surface area contributed by atoms with Crippen LogP contribution < -0.4 is 10.6 Å². The summed E-state index contributed by atoms with van der Waals surface area (Å²) in [4.78, 5) is 6.95. The molecule has 0 aliphatic rings. The lowest BCUT2D eigenvalue weighted by Gasteiger charge is -2.29. The number of hydrogen-bond donors (Lipinski definition) is 2. The fraction of sp³-hybridized carbons (Fsp3) is 0.375. The van der Waals surface area contributed by atoms with Crippen molar-refractivity contribution in [3.63, 3.8) is 0 Å². The van der Waals surface area contributed by atoms with Gasteiger partial charge in [-0.05, 0) is 32.4 Å². The van der Waals surface area contributed by atoms with Crippen molar-refractivity contribution in [1.82, 2.24) is 4.98 Å². The van der Waals surface area contributed by atoms with Gasteiger partial charge in [0.05, 0.1) is 5.52 Å². The zero-order valence-electron chi connectivity index (χ0n) is 12.7. The number of nitrogens with zero attached hydrogens (tertiary/aromatic N) is 3. The number of pyridine rings is 1. The number of hydrogen-bond acceptors (Lipinski definition) is 4. The highest BCUT2D eigenvalue weighted by molar-refractivity contribution is 6.08. The molecule has 0 radical (unpaired) electrons. The lowest BCUT2D eigenvalue weighted by Crippen LogP contribution is -2.33. The van der Waals surface area contributed by atoms with Gasteiger partial charge >= 0.3 is 0 Å². The molecule has 21 heavy (non-hydrogen) atoms. The second-order valence-electron chi connectivity index (χ2n) is 5.07. The summed E-state index contributed by atoms with van der Waals surface area (Å²) in [5.41, 5.74) is 7.39. The van der Waals surface area contributed by atoms with E-state index in [-0.39, 0.29) is 5.84 Å². The maximum absolute atomic E-state index is 9.02. The molecule has 3 N–H and O–H groups in total. The molecule has 0 aliphatic carbocycles. The molecule has 5 heteroatoms. The number of oxime groups is 1. The van der Waals surface area contributed by atoms with Crippen LogP contribution in [-0.2, 0) is 0 Å². The van der Waals surface area contributed by atoms with E-state index in [0.717, 1.165) is 29.7 Å². The molecule has 0 spiro atoms. The van der Waals surface area contributed by atoms with Crippen LogP contribution in [0, 0.1) is 0 Å². The SMILES string of the molecule is CCC(C)N(CC)c1cc(C(N)=NO)c2ccccc2n1. The summed E-state index contributed by atoms with van der Waals surface area (Å²) in [6.45, 7) is 7.28. The number of nitrogens with two attached hydrogens (primary N) is 1. The summed E-state index contributed by atoms with van der Waals surface area (Å²) in [6.07, 6.45) is 1.03. The molecule has 2 aromatic rings. The van der Waals surface area contributed by atoms with Crippen LogP contribution in [0.4, 0.5) is 5.82 Å². The largest absolute Gasteiger partial charge is 0.409 e. The predicted octanol–water partition coefficient (Wildman–Crippen LogP) is 2.95. The van der Waals surface area contributed by atoms with Crippen LogP contribution in [0.15, 0.2) is 35.5 Å². The number of para-hydroxylation sites is 1. The predicted molar refractivity (Wildman–Crippen MR) is 87.0 cm³/mol. The van der Waals surface area contributed by atoms with E-state index in [1.807, 2.05) is 30.3 Å². The summed E-state index contributed by atoms with van der Waals surface area (Å²) >= 11 is 0. The Morgan fingerprint density at radius 3 is 2.71 bits per heavy atom. The van der Waals surface area contributed by atoms with Gasteiger partial charge in [-0.25, -0.2) is 4.98 Å². The Kier molecular flexibility index (Phi) is 4.62. The highest BCUT2D eigenvalue weighted by Gasteiger charge is 2.16. The van der Waals surface area contributed by atoms with E-state index in [1.165, 1.54) is 0 Å². The fourth-order valence-electron chi connectivity index (χ4n) is 2.49. The van der Waals surface area contributed by atoms with Crippen LogP contribution in [0.1, 0.15) is 32.8 Å². The smallest absolute Gasteiger partial charge is 0.170 e. The average Bonchev–Trinajstić information content (AvgIpc) is 2.53. The highest BCUT2D eigenvalue weighted by Crippen LogP contribution is 2.24. The number of anilines is 1. The van der Waals surface area contributed by atoms with Crippen LogP contribution in [0.3, 0.4) is 0 Å². The topological polar surface area (TPSA) is 74.7 Å². The lowest BCUT2D eigenvalue weighted by molar-refractivity contribution is 0.318. The molecule has 0 saturated heterocycles. The quantitative estimate of drug-likeness (QED) is 0.383. The molecule has 0 bridgehead atoms. The Balaban J connectivity index is 2.66. The van der Waals surface area contributed by atoms with Crippen molar-refractivity contribution in [2.24, 2.45) is 10.9 Å². The van der Waals surface area contributed by atoms with Gasteiger partial charge in [0.15, 0.2) is 5.84 Å². The summed E-state index contributed by atoms with van der Waals surface area (Å²) in [6, 6.07) is 10.0. The van der Waals surface area contributed by atoms with E-state index in [1.54, 1.807) is 0 Å². The minimum atomic E-state index is 0.107. The molecule has 112 valence electrons. The van der Waals surface area contributed by atoms with E-state index < -0.39 is 0 Å². The fourth-order valence-corrected chi connectivity index (χ4v) is 2.49. The number of amidine groups is 1. The maximum Gasteiger partial charge on any atom is 0.170 e. The van der Waals surface area contributed by atoms with Gasteiger partial charge in [0.2, 0.25) is 0 Å². The number of benzene rings is 1. The van der Waals surface area contributed by atoms with E-state index in [4.69, 9.17) is 15.9 Å². The first-order chi connectivity index (χ1) is 10.1. The van der Waals surface area contributed by atoms with Gasteiger partial charge in [0.25, 0.3) is 0 Å². The molecule has 5 nitrogen and oxygen atoms in total. The molecule has 0 amide bonds. The molecule has 2 rings (SSSR count). The van der Waals surface area contributed by atoms with Gasteiger partial charge in [-0.15, -0.1) is 0 Å². The molecule has 1 atom stereocenters. The zero-order valence-corrected chi connectivity index (χ0v) is 12.7. The minimum absolute atomic E-state index is 0.107. The Morgan fingerprint density at radius 1 is 1.38 bits per heavy atom. The molecule has 0 saturated carbocycles. The second-order valence-corrected chi connectivity index (χ2v) is 5.07. The highest BCUT2D eigenvalue weighted by atomic mass is 16.4. The Hall–Kier alpha value is -2.30. The van der Waals surface area contributed by atoms with Gasteiger partial charge < -0.3 is 15.8 Å². The van der Waals surface area contributed by atoms with Gasteiger partial charge in [0, 0.05) is 23.5 Å². The van der Waals surface area contributed by atoms with Gasteiger partial charge in [0.1, 0.15) is 5.82 Å². The average molecular weight is 286 g/mol. The van der Waals surface area contributed by atoms with Gasteiger partial charge in [-0.3, -0.25) is 0 Å². The first-order valence-electron chi connectivity index (χ1n) is 7.26. The number of fused-ring (bicyclic) bond motifs is 1. The zero-order chi connectivity index (χ0) is 15.4. The third kappa shape index (κ3) is 2.91. The van der Waals surface area contributed by atoms with Gasteiger partial charge in [-0.1, -0.05) is 30.3 Å². The minimum Gasteiger partial charge on any atom is -0.409 e. The van der Waals surface area contributed by atoms with Crippen molar-refractivity contribution in [2.75, 3.05) is 11.4 Å². The molecule has 1 aromatic heterocycles. The van der Waals surface area contributed by atoms with Crippen molar-refractivity contribution in [2.45, 2.75) is 33.2 Å². The second kappa shape index (κ2) is 6.43. The monoisotopic (exact) mass is 286 g/mol. The Morgan fingerprint density at radius 2 is 2.10 bits per heavy atom. The third-order valence-electron chi connectivity index (χ3n) is 3.84. The van der Waals surface area contributed by atoms with E-state index in [0.29, 0.717) is 11.6 Å². The standard InChI is InChI=1S/C16H22N4O/c1-4-11(3)20(5-2)15-10-13(16(17)19-21)12-8-6-7-9-14(12)18-15/h6-11,21H,4-5H2,1-3H3,(H2,17,19). The van der Waals surface area contributed by atoms with Crippen molar-refractivity contribution in [1.29, 1.82) is 0 Å². The van der Waals surface area contributed by atoms with Crippen molar-refractivity contribution >= 4 is 22.6 Å². The van der Waals surface area contributed by atoms with E-state index >= 15 is 0 Å². The maximum atomic E-state index is 9.02. The molecular weight excluding hydrogens is 264 g/mol. The van der Waals surface area contributed by atoms with E-state index in [2.05, 4.69) is 30.8 Å². The van der Waals surface area contributed by atoms with Crippen molar-refractivity contribution in [3.8, 4) is 0 Å². The van der Waals surface area contributed by atoms with Crippen LogP contribution in [0.2, 0.25) is 0 Å². The Bertz CT molecular complexity index is 654. The van der Waals surface area contributed by atoms with Crippen molar-refractivity contribution in [3.05, 3.63) is 35.9 Å². The summed E-state index contributed by atoms with van der Waals surface area (Å²) in [5, 5.41) is 13.1. The van der Waals surface area contributed by atoms with E-state index in [9.17, 15) is 0 Å². The van der Waals surface area contributed by atoms with Crippen molar-refractivity contribution < 1.29 is 5.21 Å². The summed E-state index contributed by atoms with van der Waals surface area (Å²) in [5.74, 6) is 0.960. The first kappa shape index (κ1) is 15.1. The normalized spacial score (nSPS) is 13.4. The molecular formula is C16H22N4O. The third-order valence-corrected chi connectivity index (χ3v) is 3.84. The molecule has 1 unspecified atom stereocenters. The number of rotatable bonds is 5. The van der Waals surface area contributed by atoms with Crippen LogP contribution in [0.25, 0.3) is 10.9 Å². The molecule has 1 aromatic carbocycles. The van der Waals surface area contributed by atoms with Gasteiger partial charge in [-0.2, -0.15) is 0 Å². The van der Waals surface area contributed by atoms with Crippen LogP contribution in [-0.4, -0.2) is 28.6 Å². The first-order valence-corrected chi connectivity index (χ1v) is 7.26. The summed E-state index contributed by atoms with van der Waals surface area (Å²) in [7, 11) is 0. The molecule has 0 aliphatic heterocycles.